The fourth-order valence-electron chi connectivity index (χ4n) is 5.50. The van der Waals surface area contributed by atoms with E-state index in [1.807, 2.05) is 26.7 Å². The van der Waals surface area contributed by atoms with Gasteiger partial charge in [-0.25, -0.2) is 9.67 Å². The Morgan fingerprint density at radius 1 is 0.902 bits per heavy atom. The van der Waals surface area contributed by atoms with Crippen LogP contribution in [0, 0.1) is 0 Å². The van der Waals surface area contributed by atoms with Crippen molar-refractivity contribution < 1.29 is 14.3 Å². The zero-order valence-corrected chi connectivity index (χ0v) is 23.9. The van der Waals surface area contributed by atoms with Crippen molar-refractivity contribution in [2.24, 2.45) is 0 Å². The highest BCUT2D eigenvalue weighted by Gasteiger charge is 2.27. The number of carbonyl (C=O) groups is 2. The summed E-state index contributed by atoms with van der Waals surface area (Å²) in [6.45, 7) is 2.68. The van der Waals surface area contributed by atoms with Crippen LogP contribution in [0.5, 0.6) is 5.88 Å². The van der Waals surface area contributed by atoms with Crippen LogP contribution >= 0.6 is 23.2 Å². The standard InChI is InChI=1S/C29H29Cl2N7O3/c30-21-14-25(31)26(32-17-21)18-41-27-15-23-20(16-33-27)12-19(13-24(23)29(40)36-7-2-1-3-8-36)28(39)37-9-4-22(5-10-37)38-11-6-34-35-38/h6,11-17,22H,1-5,7-10,18H2. The molecule has 5 heterocycles. The molecule has 3 aromatic heterocycles. The van der Waals surface area contributed by atoms with E-state index >= 15 is 0 Å². The lowest BCUT2D eigenvalue weighted by Gasteiger charge is -2.32. The van der Waals surface area contributed by atoms with Crippen molar-refractivity contribution >= 4 is 45.8 Å². The molecule has 2 fully saturated rings. The molecular weight excluding hydrogens is 565 g/mol. The van der Waals surface area contributed by atoms with E-state index in [1.165, 1.54) is 6.20 Å². The number of rotatable bonds is 6. The number of likely N-dealkylation sites (tertiary alicyclic amines) is 2. The number of benzene rings is 1. The van der Waals surface area contributed by atoms with Gasteiger partial charge in [-0.2, -0.15) is 0 Å². The number of fused-ring (bicyclic) bond motifs is 1. The first-order valence-electron chi connectivity index (χ1n) is 13.8. The highest BCUT2D eigenvalue weighted by Crippen LogP contribution is 2.29. The summed E-state index contributed by atoms with van der Waals surface area (Å²) in [7, 11) is 0. The Kier molecular flexibility index (Phi) is 8.02. The van der Waals surface area contributed by atoms with Gasteiger partial charge < -0.3 is 14.5 Å². The second kappa shape index (κ2) is 12.0. The topological polar surface area (TPSA) is 106 Å². The Hall–Kier alpha value is -3.76. The molecule has 0 bridgehead atoms. The highest BCUT2D eigenvalue weighted by atomic mass is 35.5. The van der Waals surface area contributed by atoms with Gasteiger partial charge in [0.2, 0.25) is 5.88 Å². The maximum Gasteiger partial charge on any atom is 0.254 e. The van der Waals surface area contributed by atoms with Gasteiger partial charge in [-0.05, 0) is 50.3 Å². The molecule has 2 aliphatic rings. The summed E-state index contributed by atoms with van der Waals surface area (Å²) < 4.78 is 7.76. The maximum absolute atomic E-state index is 13.8. The van der Waals surface area contributed by atoms with Crippen LogP contribution in [0.15, 0.2) is 49.1 Å². The molecule has 212 valence electrons. The molecule has 2 amide bonds. The van der Waals surface area contributed by atoms with Gasteiger partial charge in [0.05, 0.1) is 28.0 Å². The van der Waals surface area contributed by atoms with E-state index in [-0.39, 0.29) is 24.5 Å². The zero-order chi connectivity index (χ0) is 28.3. The van der Waals surface area contributed by atoms with Crippen molar-refractivity contribution in [1.82, 2.24) is 34.8 Å². The average Bonchev–Trinajstić information content (AvgIpc) is 3.55. The Morgan fingerprint density at radius 3 is 2.41 bits per heavy atom. The molecule has 41 heavy (non-hydrogen) atoms. The van der Waals surface area contributed by atoms with Crippen molar-refractivity contribution in [2.45, 2.75) is 44.8 Å². The number of halogens is 2. The van der Waals surface area contributed by atoms with Crippen molar-refractivity contribution in [1.29, 1.82) is 0 Å². The molecular formula is C29H29Cl2N7O3. The minimum atomic E-state index is -0.0968. The molecule has 0 radical (unpaired) electrons. The first-order valence-corrected chi connectivity index (χ1v) is 14.5. The van der Waals surface area contributed by atoms with Gasteiger partial charge in [0.1, 0.15) is 6.61 Å². The van der Waals surface area contributed by atoms with E-state index in [0.717, 1.165) is 32.1 Å². The second-order valence-electron chi connectivity index (χ2n) is 10.4. The molecule has 2 aliphatic heterocycles. The summed E-state index contributed by atoms with van der Waals surface area (Å²) in [6.07, 6.45) is 11.3. The molecule has 12 heteroatoms. The van der Waals surface area contributed by atoms with Crippen LogP contribution in [0.1, 0.15) is 64.6 Å². The van der Waals surface area contributed by atoms with E-state index in [2.05, 4.69) is 20.3 Å². The molecule has 0 atom stereocenters. The van der Waals surface area contributed by atoms with Crippen LogP contribution in [0.25, 0.3) is 10.8 Å². The summed E-state index contributed by atoms with van der Waals surface area (Å²) in [5.41, 5.74) is 1.47. The van der Waals surface area contributed by atoms with Crippen LogP contribution in [0.3, 0.4) is 0 Å². The molecule has 0 saturated carbocycles. The Labute approximate surface area is 247 Å². The van der Waals surface area contributed by atoms with Crippen molar-refractivity contribution in [3.8, 4) is 5.88 Å². The second-order valence-corrected chi connectivity index (χ2v) is 11.2. The average molecular weight is 595 g/mol. The number of carbonyl (C=O) groups excluding carboxylic acids is 2. The van der Waals surface area contributed by atoms with Crippen LogP contribution in [-0.2, 0) is 6.61 Å². The monoisotopic (exact) mass is 593 g/mol. The predicted octanol–water partition coefficient (Wildman–Crippen LogP) is 5.21. The smallest absolute Gasteiger partial charge is 0.254 e. The molecule has 2 saturated heterocycles. The molecule has 0 aliphatic carbocycles. The number of piperidine rings is 2. The van der Waals surface area contributed by atoms with Crippen LogP contribution in [-0.4, -0.2) is 72.8 Å². The van der Waals surface area contributed by atoms with Gasteiger partial charge in [0.15, 0.2) is 0 Å². The van der Waals surface area contributed by atoms with Gasteiger partial charge in [-0.15, -0.1) is 5.10 Å². The normalized spacial score (nSPS) is 16.2. The van der Waals surface area contributed by atoms with Crippen molar-refractivity contribution in [2.75, 3.05) is 26.2 Å². The summed E-state index contributed by atoms with van der Waals surface area (Å²) >= 11 is 12.2. The van der Waals surface area contributed by atoms with E-state index in [9.17, 15) is 9.59 Å². The van der Waals surface area contributed by atoms with Crippen LogP contribution < -0.4 is 4.74 Å². The fraction of sp³-hybridized carbons (Fsp3) is 0.379. The molecule has 0 unspecified atom stereocenters. The molecule has 10 nitrogen and oxygen atoms in total. The first-order chi connectivity index (χ1) is 20.0. The maximum atomic E-state index is 13.8. The molecule has 4 aromatic rings. The van der Waals surface area contributed by atoms with Crippen molar-refractivity contribution in [3.63, 3.8) is 0 Å². The Balaban J connectivity index is 1.28. The van der Waals surface area contributed by atoms with Gasteiger partial charge in [0, 0.05) is 72.7 Å². The first kappa shape index (κ1) is 27.4. The van der Waals surface area contributed by atoms with Gasteiger partial charge >= 0.3 is 0 Å². The lowest BCUT2D eigenvalue weighted by molar-refractivity contribution is 0.0689. The minimum Gasteiger partial charge on any atom is -0.471 e. The number of ether oxygens (including phenoxy) is 1. The summed E-state index contributed by atoms with van der Waals surface area (Å²) in [6, 6.07) is 7.10. The Morgan fingerprint density at radius 2 is 1.68 bits per heavy atom. The number of hydrogen-bond donors (Lipinski definition) is 0. The number of amides is 2. The largest absolute Gasteiger partial charge is 0.471 e. The van der Waals surface area contributed by atoms with E-state index < -0.39 is 0 Å². The third-order valence-electron chi connectivity index (χ3n) is 7.74. The lowest BCUT2D eigenvalue weighted by Crippen LogP contribution is -2.39. The lowest BCUT2D eigenvalue weighted by atomic mass is 9.98. The van der Waals surface area contributed by atoms with Crippen molar-refractivity contribution in [3.05, 3.63) is 75.9 Å². The third-order valence-corrected chi connectivity index (χ3v) is 8.27. The number of hydrogen-bond acceptors (Lipinski definition) is 7. The quantitative estimate of drug-likeness (QED) is 0.302. The highest BCUT2D eigenvalue weighted by molar-refractivity contribution is 6.34. The molecule has 1 aromatic carbocycles. The SMILES string of the molecule is O=C(c1cc(C(=O)N2CCCCC2)c2cc(OCc3ncc(Cl)cc3Cl)ncc2c1)N1CCC(n2ccnn2)CC1. The third kappa shape index (κ3) is 5.99. The summed E-state index contributed by atoms with van der Waals surface area (Å²) in [4.78, 5) is 39.8. The van der Waals surface area contributed by atoms with E-state index in [0.29, 0.717) is 69.7 Å². The van der Waals surface area contributed by atoms with E-state index in [4.69, 9.17) is 27.9 Å². The van der Waals surface area contributed by atoms with Gasteiger partial charge in [0.25, 0.3) is 11.8 Å². The summed E-state index contributed by atoms with van der Waals surface area (Å²) in [5, 5.41) is 10.2. The minimum absolute atomic E-state index is 0.0883. The number of nitrogens with zero attached hydrogens (tertiary/aromatic N) is 7. The van der Waals surface area contributed by atoms with E-state index in [1.54, 1.807) is 30.6 Å². The van der Waals surface area contributed by atoms with Gasteiger partial charge in [-0.1, -0.05) is 28.4 Å². The molecule has 6 rings (SSSR count). The predicted molar refractivity (Wildman–Crippen MR) is 154 cm³/mol. The van der Waals surface area contributed by atoms with Crippen LogP contribution in [0.4, 0.5) is 0 Å². The fourth-order valence-corrected chi connectivity index (χ4v) is 5.94. The Bertz CT molecular complexity index is 1570. The number of aromatic nitrogens is 5. The zero-order valence-electron chi connectivity index (χ0n) is 22.4. The summed E-state index contributed by atoms with van der Waals surface area (Å²) in [5.74, 6) is 0.140. The number of pyridine rings is 2. The van der Waals surface area contributed by atoms with Gasteiger partial charge in [-0.3, -0.25) is 14.6 Å². The van der Waals surface area contributed by atoms with Crippen LogP contribution in [0.2, 0.25) is 10.0 Å². The molecule has 0 N–H and O–H groups in total. The molecule has 0 spiro atoms.